The summed E-state index contributed by atoms with van der Waals surface area (Å²) < 4.78 is 16.7. The Balaban J connectivity index is 1.92. The zero-order valence-electron chi connectivity index (χ0n) is 22.4. The van der Waals surface area contributed by atoms with Gasteiger partial charge in [-0.25, -0.2) is 9.59 Å². The molecule has 36 heavy (non-hydrogen) atoms. The van der Waals surface area contributed by atoms with Crippen LogP contribution in [0.5, 0.6) is 0 Å². The van der Waals surface area contributed by atoms with E-state index in [9.17, 15) is 14.7 Å². The molecule has 7 heteroatoms. The Hall–Kier alpha value is -2.12. The van der Waals surface area contributed by atoms with Crippen molar-refractivity contribution < 1.29 is 28.9 Å². The molecular weight excluding hydrogens is 458 g/mol. The number of carboxylic acid groups (broad SMARTS) is 1. The SMILES string of the molecule is CCCCCCCCc1ccc(CCC(CCCOC2CCCCO2)(NC(=O)O)C(=O)OCC)cc1. The van der Waals surface area contributed by atoms with Crippen molar-refractivity contribution in [2.45, 2.75) is 116 Å². The largest absolute Gasteiger partial charge is 0.465 e. The van der Waals surface area contributed by atoms with Crippen LogP contribution >= 0.6 is 0 Å². The number of ether oxygens (including phenoxy) is 3. The minimum atomic E-state index is -1.31. The fourth-order valence-corrected chi connectivity index (χ4v) is 4.75. The van der Waals surface area contributed by atoms with Gasteiger partial charge in [-0.1, -0.05) is 63.3 Å². The smallest absolute Gasteiger partial charge is 0.405 e. The number of hydrogen-bond acceptors (Lipinski definition) is 5. The fourth-order valence-electron chi connectivity index (χ4n) is 4.75. The number of amides is 1. The third kappa shape index (κ3) is 11.3. The second kappa shape index (κ2) is 17.4. The van der Waals surface area contributed by atoms with Crippen LogP contribution in [-0.4, -0.2) is 48.8 Å². The molecule has 1 aliphatic heterocycles. The summed E-state index contributed by atoms with van der Waals surface area (Å²) in [5, 5.41) is 12.0. The van der Waals surface area contributed by atoms with Gasteiger partial charge in [-0.3, -0.25) is 0 Å². The molecule has 1 saturated heterocycles. The van der Waals surface area contributed by atoms with Gasteiger partial charge >= 0.3 is 12.1 Å². The molecule has 1 aromatic carbocycles. The van der Waals surface area contributed by atoms with Gasteiger partial charge in [-0.05, 0) is 75.8 Å². The topological polar surface area (TPSA) is 94.1 Å². The van der Waals surface area contributed by atoms with Gasteiger partial charge in [0.25, 0.3) is 0 Å². The summed E-state index contributed by atoms with van der Waals surface area (Å²) in [7, 11) is 0. The van der Waals surface area contributed by atoms with Crippen LogP contribution in [0, 0.1) is 0 Å². The van der Waals surface area contributed by atoms with Gasteiger partial charge in [-0.2, -0.15) is 0 Å². The molecule has 0 radical (unpaired) electrons. The number of rotatable bonds is 18. The minimum Gasteiger partial charge on any atom is -0.465 e. The highest BCUT2D eigenvalue weighted by Crippen LogP contribution is 2.24. The summed E-state index contributed by atoms with van der Waals surface area (Å²) in [6.45, 7) is 5.27. The predicted molar refractivity (Wildman–Crippen MR) is 141 cm³/mol. The Kier molecular flexibility index (Phi) is 14.5. The Bertz CT molecular complexity index is 747. The van der Waals surface area contributed by atoms with E-state index in [1.54, 1.807) is 6.92 Å². The van der Waals surface area contributed by atoms with Crippen molar-refractivity contribution in [1.82, 2.24) is 5.32 Å². The van der Waals surface area contributed by atoms with E-state index in [0.717, 1.165) is 31.2 Å². The molecule has 0 saturated carbocycles. The number of nitrogens with one attached hydrogen (secondary N) is 1. The van der Waals surface area contributed by atoms with Crippen molar-refractivity contribution in [1.29, 1.82) is 0 Å². The molecule has 0 bridgehead atoms. The summed E-state index contributed by atoms with van der Waals surface area (Å²) in [5.74, 6) is -0.527. The quantitative estimate of drug-likeness (QED) is 0.177. The molecule has 2 N–H and O–H groups in total. The first-order valence-corrected chi connectivity index (χ1v) is 14.0. The summed E-state index contributed by atoms with van der Waals surface area (Å²) in [6, 6.07) is 8.48. The van der Waals surface area contributed by atoms with E-state index in [1.165, 1.54) is 44.1 Å². The van der Waals surface area contributed by atoms with Gasteiger partial charge in [0.15, 0.2) is 6.29 Å². The van der Waals surface area contributed by atoms with E-state index in [2.05, 4.69) is 36.5 Å². The van der Waals surface area contributed by atoms with Crippen molar-refractivity contribution in [3.05, 3.63) is 35.4 Å². The minimum absolute atomic E-state index is 0.196. The molecule has 1 amide bonds. The highest BCUT2D eigenvalue weighted by Gasteiger charge is 2.41. The normalized spacial score (nSPS) is 17.3. The zero-order valence-corrected chi connectivity index (χ0v) is 22.4. The van der Waals surface area contributed by atoms with Crippen LogP contribution in [0.2, 0.25) is 0 Å². The Labute approximate surface area is 217 Å². The lowest BCUT2D eigenvalue weighted by atomic mass is 9.86. The maximum atomic E-state index is 13.0. The predicted octanol–water partition coefficient (Wildman–Crippen LogP) is 6.42. The van der Waals surface area contributed by atoms with Crippen molar-refractivity contribution in [3.63, 3.8) is 0 Å². The lowest BCUT2D eigenvalue weighted by molar-refractivity contribution is -0.164. The molecule has 1 aromatic rings. The zero-order chi connectivity index (χ0) is 26.1. The van der Waals surface area contributed by atoms with Crippen LogP contribution in [0.25, 0.3) is 0 Å². The number of carbonyl (C=O) groups excluding carboxylic acids is 1. The highest BCUT2D eigenvalue weighted by molar-refractivity contribution is 5.85. The average molecular weight is 506 g/mol. The van der Waals surface area contributed by atoms with E-state index in [4.69, 9.17) is 14.2 Å². The summed E-state index contributed by atoms with van der Waals surface area (Å²) in [4.78, 5) is 24.6. The summed E-state index contributed by atoms with van der Waals surface area (Å²) in [5.41, 5.74) is 1.08. The summed E-state index contributed by atoms with van der Waals surface area (Å²) in [6.07, 6.45) is 12.0. The third-order valence-electron chi connectivity index (χ3n) is 6.88. The maximum absolute atomic E-state index is 13.0. The van der Waals surface area contributed by atoms with Crippen molar-refractivity contribution in [3.8, 4) is 0 Å². The van der Waals surface area contributed by atoms with Crippen LogP contribution in [-0.2, 0) is 31.8 Å². The number of carbonyl (C=O) groups is 2. The fraction of sp³-hybridized carbons (Fsp3) is 0.724. The second-order valence-electron chi connectivity index (χ2n) is 9.84. The Morgan fingerprint density at radius 3 is 2.31 bits per heavy atom. The van der Waals surface area contributed by atoms with Crippen molar-refractivity contribution in [2.24, 2.45) is 0 Å². The molecule has 0 spiro atoms. The monoisotopic (exact) mass is 505 g/mol. The van der Waals surface area contributed by atoms with Gasteiger partial charge in [0.2, 0.25) is 0 Å². The van der Waals surface area contributed by atoms with E-state index in [0.29, 0.717) is 38.9 Å². The molecule has 0 aliphatic carbocycles. The third-order valence-corrected chi connectivity index (χ3v) is 6.88. The highest BCUT2D eigenvalue weighted by atomic mass is 16.7. The second-order valence-corrected chi connectivity index (χ2v) is 9.84. The van der Waals surface area contributed by atoms with E-state index >= 15 is 0 Å². The van der Waals surface area contributed by atoms with Gasteiger partial charge in [-0.15, -0.1) is 0 Å². The van der Waals surface area contributed by atoms with Crippen molar-refractivity contribution >= 4 is 12.1 Å². The summed E-state index contributed by atoms with van der Waals surface area (Å²) >= 11 is 0. The molecule has 2 atom stereocenters. The lowest BCUT2D eigenvalue weighted by Gasteiger charge is -2.32. The molecule has 7 nitrogen and oxygen atoms in total. The lowest BCUT2D eigenvalue weighted by Crippen LogP contribution is -2.55. The van der Waals surface area contributed by atoms with Crippen LogP contribution in [0.3, 0.4) is 0 Å². The molecule has 2 rings (SSSR count). The first kappa shape index (κ1) is 30.1. The molecular formula is C29H47NO6. The molecule has 1 aliphatic rings. The Morgan fingerprint density at radius 1 is 0.972 bits per heavy atom. The average Bonchev–Trinajstić information content (AvgIpc) is 2.88. The number of esters is 1. The van der Waals surface area contributed by atoms with Gasteiger partial charge in [0.1, 0.15) is 5.54 Å². The maximum Gasteiger partial charge on any atom is 0.405 e. The molecule has 2 unspecified atom stereocenters. The molecule has 204 valence electrons. The molecule has 1 heterocycles. The van der Waals surface area contributed by atoms with Crippen LogP contribution in [0.4, 0.5) is 4.79 Å². The first-order valence-electron chi connectivity index (χ1n) is 14.0. The number of aryl methyl sites for hydroxylation is 2. The Morgan fingerprint density at radius 2 is 1.67 bits per heavy atom. The number of benzene rings is 1. The van der Waals surface area contributed by atoms with E-state index in [-0.39, 0.29) is 12.9 Å². The number of hydrogen-bond donors (Lipinski definition) is 2. The standard InChI is InChI=1S/C29H47NO6/c1-3-5-6-7-8-9-13-24-15-17-25(18-16-24)19-21-29(30-28(32)33,27(31)34-4-2)20-12-23-36-26-14-10-11-22-35-26/h15-18,26,30H,3-14,19-23H2,1-2H3,(H,32,33). The first-order chi connectivity index (χ1) is 17.5. The number of unbranched alkanes of at least 4 members (excludes halogenated alkanes) is 5. The van der Waals surface area contributed by atoms with Gasteiger partial charge in [0.05, 0.1) is 6.61 Å². The van der Waals surface area contributed by atoms with Crippen LogP contribution < -0.4 is 5.32 Å². The van der Waals surface area contributed by atoms with E-state index in [1.807, 2.05) is 0 Å². The van der Waals surface area contributed by atoms with Gasteiger partial charge in [0, 0.05) is 13.2 Å². The molecule has 1 fully saturated rings. The van der Waals surface area contributed by atoms with Crippen LogP contribution in [0.15, 0.2) is 24.3 Å². The van der Waals surface area contributed by atoms with Crippen LogP contribution in [0.1, 0.15) is 102 Å². The van der Waals surface area contributed by atoms with E-state index < -0.39 is 17.6 Å². The molecule has 0 aromatic heterocycles. The van der Waals surface area contributed by atoms with Crippen molar-refractivity contribution in [2.75, 3.05) is 19.8 Å². The van der Waals surface area contributed by atoms with Gasteiger partial charge < -0.3 is 24.6 Å².